The van der Waals surface area contributed by atoms with Gasteiger partial charge in [-0.05, 0) is 29.8 Å². The quantitative estimate of drug-likeness (QED) is 0.570. The Balaban J connectivity index is 1.76. The van der Waals surface area contributed by atoms with Crippen molar-refractivity contribution in [3.8, 4) is 17.6 Å². The maximum Gasteiger partial charge on any atom is 0.337 e. The zero-order valence-electron chi connectivity index (χ0n) is 14.7. The number of nitriles is 1. The number of aromatic nitrogens is 2. The lowest BCUT2D eigenvalue weighted by atomic mass is 10.1. The van der Waals surface area contributed by atoms with Gasteiger partial charge in [0.2, 0.25) is 0 Å². The fourth-order valence-electron chi connectivity index (χ4n) is 3.04. The van der Waals surface area contributed by atoms with E-state index in [0.717, 1.165) is 11.1 Å². The number of carbonyl (C=O) groups is 1. The molecular weight excluding hydrogens is 354 g/mol. The molecule has 6 nitrogen and oxygen atoms in total. The fourth-order valence-corrected chi connectivity index (χ4v) is 3.04. The second-order valence-corrected chi connectivity index (χ2v) is 6.16. The van der Waals surface area contributed by atoms with Crippen molar-refractivity contribution in [1.29, 1.82) is 5.26 Å². The number of benzene rings is 2. The van der Waals surface area contributed by atoms with Gasteiger partial charge in [-0.25, -0.2) is 9.78 Å². The van der Waals surface area contributed by atoms with E-state index in [1.807, 2.05) is 48.5 Å². The van der Waals surface area contributed by atoms with Crippen molar-refractivity contribution >= 4 is 16.9 Å². The molecule has 0 bridgehead atoms. The molecule has 0 amide bonds. The van der Waals surface area contributed by atoms with Crippen molar-refractivity contribution in [2.75, 3.05) is 0 Å². The predicted molar refractivity (Wildman–Crippen MR) is 104 cm³/mol. The second kappa shape index (κ2) is 7.25. The van der Waals surface area contributed by atoms with Crippen LogP contribution >= 0.6 is 0 Å². The molecule has 2 aromatic heterocycles. The van der Waals surface area contributed by atoms with Crippen LogP contribution in [-0.4, -0.2) is 20.6 Å². The first-order valence-electron chi connectivity index (χ1n) is 8.58. The molecule has 0 saturated heterocycles. The average molecular weight is 369 g/mol. The van der Waals surface area contributed by atoms with E-state index in [2.05, 4.69) is 11.1 Å². The largest absolute Gasteiger partial charge is 0.488 e. The van der Waals surface area contributed by atoms with Gasteiger partial charge in [-0.15, -0.1) is 0 Å². The van der Waals surface area contributed by atoms with Crippen molar-refractivity contribution in [3.05, 3.63) is 89.7 Å². The van der Waals surface area contributed by atoms with Gasteiger partial charge in [0.05, 0.1) is 22.0 Å². The Morgan fingerprint density at radius 2 is 1.93 bits per heavy atom. The number of carboxylic acids is 1. The molecule has 6 heteroatoms. The minimum atomic E-state index is -1.04. The number of carboxylic acid groups (broad SMARTS) is 1. The summed E-state index contributed by atoms with van der Waals surface area (Å²) in [5.74, 6) is 0.0984. The molecule has 1 N–H and O–H groups in total. The van der Waals surface area contributed by atoms with Crippen LogP contribution in [0, 0.1) is 11.3 Å². The van der Waals surface area contributed by atoms with Crippen LogP contribution in [0.4, 0.5) is 0 Å². The third-order valence-electron chi connectivity index (χ3n) is 4.39. The van der Waals surface area contributed by atoms with Crippen molar-refractivity contribution in [3.63, 3.8) is 0 Å². The van der Waals surface area contributed by atoms with Gasteiger partial charge in [0.1, 0.15) is 24.2 Å². The highest BCUT2D eigenvalue weighted by Crippen LogP contribution is 2.32. The Bertz CT molecular complexity index is 1190. The lowest BCUT2D eigenvalue weighted by molar-refractivity contribution is 0.0696. The van der Waals surface area contributed by atoms with E-state index in [-0.39, 0.29) is 5.56 Å². The molecule has 136 valence electrons. The Kier molecular flexibility index (Phi) is 4.48. The smallest absolute Gasteiger partial charge is 0.337 e. The Labute approximate surface area is 160 Å². The van der Waals surface area contributed by atoms with E-state index in [1.54, 1.807) is 16.8 Å². The zero-order chi connectivity index (χ0) is 19.5. The highest BCUT2D eigenvalue weighted by molar-refractivity contribution is 5.93. The predicted octanol–water partition coefficient (Wildman–Crippen LogP) is 4.17. The van der Waals surface area contributed by atoms with E-state index >= 15 is 0 Å². The number of ether oxygens (including phenoxy) is 1. The molecule has 28 heavy (non-hydrogen) atoms. The number of fused-ring (bicyclic) bond motifs is 1. The van der Waals surface area contributed by atoms with E-state index in [9.17, 15) is 10.1 Å². The first kappa shape index (κ1) is 17.3. The van der Waals surface area contributed by atoms with Gasteiger partial charge in [0.15, 0.2) is 0 Å². The SMILES string of the molecule is N#Cc1cn(-c2ccc(C(=O)O)cn2)c2cccc(OCc3ccccc3)c12. The number of hydrogen-bond acceptors (Lipinski definition) is 4. The Morgan fingerprint density at radius 1 is 1.11 bits per heavy atom. The summed E-state index contributed by atoms with van der Waals surface area (Å²) in [6, 6.07) is 20.7. The molecule has 2 heterocycles. The molecule has 0 saturated carbocycles. The lowest BCUT2D eigenvalue weighted by Gasteiger charge is -2.09. The molecule has 0 spiro atoms. The molecule has 0 unspecified atom stereocenters. The van der Waals surface area contributed by atoms with Crippen molar-refractivity contribution < 1.29 is 14.6 Å². The normalized spacial score (nSPS) is 10.5. The molecular formula is C22H15N3O3. The summed E-state index contributed by atoms with van der Waals surface area (Å²) in [6.45, 7) is 0.390. The summed E-state index contributed by atoms with van der Waals surface area (Å²) in [5.41, 5.74) is 2.36. The van der Waals surface area contributed by atoms with Crippen LogP contribution in [0.5, 0.6) is 5.75 Å². The Hall–Kier alpha value is -4.11. The van der Waals surface area contributed by atoms with E-state index in [4.69, 9.17) is 9.84 Å². The number of aromatic carboxylic acids is 1. The van der Waals surface area contributed by atoms with Crippen LogP contribution in [0.1, 0.15) is 21.5 Å². The van der Waals surface area contributed by atoms with Crippen LogP contribution in [-0.2, 0) is 6.61 Å². The molecule has 2 aromatic carbocycles. The minimum Gasteiger partial charge on any atom is -0.488 e. The molecule has 0 radical (unpaired) electrons. The van der Waals surface area contributed by atoms with Crippen molar-refractivity contribution in [2.45, 2.75) is 6.61 Å². The maximum atomic E-state index is 11.0. The van der Waals surface area contributed by atoms with Gasteiger partial charge in [0, 0.05) is 12.4 Å². The number of rotatable bonds is 5. The van der Waals surface area contributed by atoms with Crippen LogP contribution in [0.25, 0.3) is 16.7 Å². The third kappa shape index (κ3) is 3.17. The summed E-state index contributed by atoms with van der Waals surface area (Å²) >= 11 is 0. The second-order valence-electron chi connectivity index (χ2n) is 6.16. The lowest BCUT2D eigenvalue weighted by Crippen LogP contribution is -2.00. The highest BCUT2D eigenvalue weighted by atomic mass is 16.5. The Morgan fingerprint density at radius 3 is 2.61 bits per heavy atom. The van der Waals surface area contributed by atoms with Crippen molar-refractivity contribution in [1.82, 2.24) is 9.55 Å². The number of pyridine rings is 1. The van der Waals surface area contributed by atoms with Gasteiger partial charge in [-0.3, -0.25) is 4.57 Å². The van der Waals surface area contributed by atoms with Gasteiger partial charge in [-0.1, -0.05) is 36.4 Å². The summed E-state index contributed by atoms with van der Waals surface area (Å²) in [5, 5.41) is 19.3. The van der Waals surface area contributed by atoms with Gasteiger partial charge < -0.3 is 9.84 Å². The summed E-state index contributed by atoms with van der Waals surface area (Å²) < 4.78 is 7.74. The van der Waals surface area contributed by atoms with E-state index in [1.165, 1.54) is 12.3 Å². The molecule has 4 rings (SSSR count). The molecule has 0 aliphatic carbocycles. The van der Waals surface area contributed by atoms with Crippen LogP contribution in [0.3, 0.4) is 0 Å². The summed E-state index contributed by atoms with van der Waals surface area (Å²) in [7, 11) is 0. The first-order valence-corrected chi connectivity index (χ1v) is 8.58. The zero-order valence-corrected chi connectivity index (χ0v) is 14.7. The van der Waals surface area contributed by atoms with E-state index < -0.39 is 5.97 Å². The topological polar surface area (TPSA) is 88.1 Å². The molecule has 4 aromatic rings. The highest BCUT2D eigenvalue weighted by Gasteiger charge is 2.15. The fraction of sp³-hybridized carbons (Fsp3) is 0.0455. The first-order chi connectivity index (χ1) is 13.7. The maximum absolute atomic E-state index is 11.0. The van der Waals surface area contributed by atoms with Gasteiger partial charge >= 0.3 is 5.97 Å². The van der Waals surface area contributed by atoms with Crippen LogP contribution in [0.2, 0.25) is 0 Å². The van der Waals surface area contributed by atoms with Crippen LogP contribution in [0.15, 0.2) is 73.1 Å². The van der Waals surface area contributed by atoms with Gasteiger partial charge in [-0.2, -0.15) is 5.26 Å². The molecule has 0 aliphatic heterocycles. The summed E-state index contributed by atoms with van der Waals surface area (Å²) in [4.78, 5) is 15.3. The number of nitrogens with zero attached hydrogens (tertiary/aromatic N) is 3. The standard InChI is InChI=1S/C22H15N3O3/c23-11-17-13-25(20-10-9-16(12-24-20)22(26)27)18-7-4-8-19(21(17)18)28-14-15-5-2-1-3-6-15/h1-10,12-13H,14H2,(H,26,27). The third-order valence-corrected chi connectivity index (χ3v) is 4.39. The monoisotopic (exact) mass is 369 g/mol. The van der Waals surface area contributed by atoms with Crippen molar-refractivity contribution in [2.24, 2.45) is 0 Å². The van der Waals surface area contributed by atoms with Crippen LogP contribution < -0.4 is 4.74 Å². The summed E-state index contributed by atoms with van der Waals surface area (Å²) in [6.07, 6.45) is 2.98. The number of hydrogen-bond donors (Lipinski definition) is 1. The molecule has 0 fully saturated rings. The van der Waals surface area contributed by atoms with E-state index in [0.29, 0.717) is 29.1 Å². The molecule has 0 atom stereocenters. The average Bonchev–Trinajstić information content (AvgIpc) is 3.12. The van der Waals surface area contributed by atoms with Gasteiger partial charge in [0.25, 0.3) is 0 Å². The molecule has 0 aliphatic rings. The minimum absolute atomic E-state index is 0.104.